The van der Waals surface area contributed by atoms with E-state index < -0.39 is 0 Å². The van der Waals surface area contributed by atoms with E-state index in [0.717, 1.165) is 29.1 Å². The van der Waals surface area contributed by atoms with Crippen molar-refractivity contribution in [2.24, 2.45) is 5.16 Å². The highest BCUT2D eigenvalue weighted by atomic mass is 35.5. The first-order valence-corrected chi connectivity index (χ1v) is 5.16. The zero-order valence-electron chi connectivity index (χ0n) is 8.03. The highest BCUT2D eigenvalue weighted by Gasteiger charge is 2.20. The Bertz CT molecular complexity index is 362. The van der Waals surface area contributed by atoms with E-state index in [2.05, 4.69) is 12.1 Å². The van der Waals surface area contributed by atoms with E-state index in [0.29, 0.717) is 0 Å². The summed E-state index contributed by atoms with van der Waals surface area (Å²) < 4.78 is 0. The monoisotopic (exact) mass is 209 g/mol. The molecule has 3 heteroatoms. The van der Waals surface area contributed by atoms with Crippen LogP contribution < -0.4 is 0 Å². The quantitative estimate of drug-likeness (QED) is 0.733. The van der Waals surface area contributed by atoms with E-state index in [4.69, 9.17) is 16.4 Å². The third-order valence-electron chi connectivity index (χ3n) is 2.35. The van der Waals surface area contributed by atoms with E-state index >= 15 is 0 Å². The third kappa shape index (κ3) is 1.90. The lowest BCUT2D eigenvalue weighted by atomic mass is 10.0. The molecule has 2 rings (SSSR count). The number of hydrogen-bond acceptors (Lipinski definition) is 2. The van der Waals surface area contributed by atoms with Crippen LogP contribution in [0, 0.1) is 0 Å². The molecule has 1 aliphatic heterocycles. The summed E-state index contributed by atoms with van der Waals surface area (Å²) in [6.07, 6.45) is 2.12. The Labute approximate surface area is 88.5 Å². The number of benzene rings is 1. The summed E-state index contributed by atoms with van der Waals surface area (Å²) in [6, 6.07) is 7.71. The summed E-state index contributed by atoms with van der Waals surface area (Å²) in [7, 11) is 0. The Hall–Kier alpha value is -1.02. The largest absolute Gasteiger partial charge is 0.392 e. The molecule has 0 saturated carbocycles. The second-order valence-electron chi connectivity index (χ2n) is 3.39. The fraction of sp³-hybridized carbons (Fsp3) is 0.364. The van der Waals surface area contributed by atoms with Crippen LogP contribution in [0.1, 0.15) is 25.3 Å². The minimum atomic E-state index is 0.240. The summed E-state index contributed by atoms with van der Waals surface area (Å²) in [5.41, 5.74) is 2.06. The molecular weight excluding hydrogens is 198 g/mol. The van der Waals surface area contributed by atoms with Crippen molar-refractivity contribution < 1.29 is 4.84 Å². The van der Waals surface area contributed by atoms with Gasteiger partial charge in [0, 0.05) is 17.0 Å². The van der Waals surface area contributed by atoms with Gasteiger partial charge in [-0.2, -0.15) is 0 Å². The molecule has 0 aromatic heterocycles. The van der Waals surface area contributed by atoms with E-state index in [9.17, 15) is 0 Å². The lowest BCUT2D eigenvalue weighted by Crippen LogP contribution is -2.06. The van der Waals surface area contributed by atoms with Crippen molar-refractivity contribution >= 4 is 17.3 Å². The molecule has 0 bridgehead atoms. The molecular formula is C11H12ClNO. The van der Waals surface area contributed by atoms with Gasteiger partial charge in [-0.25, -0.2) is 0 Å². The van der Waals surface area contributed by atoms with Crippen LogP contribution in [0.3, 0.4) is 0 Å². The maximum Gasteiger partial charge on any atom is 0.133 e. The van der Waals surface area contributed by atoms with Crippen molar-refractivity contribution in [3.05, 3.63) is 34.9 Å². The molecule has 2 nitrogen and oxygen atoms in total. The second-order valence-corrected chi connectivity index (χ2v) is 3.82. The van der Waals surface area contributed by atoms with Gasteiger partial charge in [0.15, 0.2) is 0 Å². The number of hydrogen-bond donors (Lipinski definition) is 0. The van der Waals surface area contributed by atoms with Crippen molar-refractivity contribution in [3.63, 3.8) is 0 Å². The van der Waals surface area contributed by atoms with Gasteiger partial charge >= 0.3 is 0 Å². The maximum absolute atomic E-state index is 5.90. The van der Waals surface area contributed by atoms with E-state index in [1.807, 2.05) is 24.3 Å². The smallest absolute Gasteiger partial charge is 0.133 e. The molecule has 0 amide bonds. The first kappa shape index (κ1) is 9.53. The molecule has 1 unspecified atom stereocenters. The van der Waals surface area contributed by atoms with Gasteiger partial charge in [-0.3, -0.25) is 0 Å². The minimum Gasteiger partial charge on any atom is -0.392 e. The highest BCUT2D eigenvalue weighted by molar-refractivity contribution is 6.31. The summed E-state index contributed by atoms with van der Waals surface area (Å²) >= 11 is 5.90. The molecule has 0 N–H and O–H groups in total. The van der Waals surface area contributed by atoms with E-state index in [1.165, 1.54) is 0 Å². The lowest BCUT2D eigenvalue weighted by Gasteiger charge is -2.02. The van der Waals surface area contributed by atoms with Crippen molar-refractivity contribution in [1.82, 2.24) is 0 Å². The Morgan fingerprint density at radius 2 is 2.43 bits per heavy atom. The average molecular weight is 210 g/mol. The molecule has 0 fully saturated rings. The highest BCUT2D eigenvalue weighted by Crippen LogP contribution is 2.20. The molecule has 1 atom stereocenters. The van der Waals surface area contributed by atoms with Crippen LogP contribution in [0.2, 0.25) is 5.02 Å². The number of halogens is 1. The van der Waals surface area contributed by atoms with Gasteiger partial charge < -0.3 is 4.84 Å². The van der Waals surface area contributed by atoms with Crippen LogP contribution in [0.25, 0.3) is 0 Å². The molecule has 1 aromatic carbocycles. The Kier molecular flexibility index (Phi) is 2.73. The molecule has 0 aliphatic carbocycles. The zero-order valence-corrected chi connectivity index (χ0v) is 8.79. The first-order chi connectivity index (χ1) is 6.79. The van der Waals surface area contributed by atoms with Crippen molar-refractivity contribution in [1.29, 1.82) is 0 Å². The van der Waals surface area contributed by atoms with Gasteiger partial charge in [0.25, 0.3) is 0 Å². The summed E-state index contributed by atoms with van der Waals surface area (Å²) in [5.74, 6) is 0. The standard InChI is InChI=1S/C11H12ClNO/c1-2-10-7-11(13-14-10)8-4-3-5-9(12)6-8/h3-6,10H,2,7H2,1H3. The Morgan fingerprint density at radius 1 is 1.57 bits per heavy atom. The van der Waals surface area contributed by atoms with Crippen LogP contribution in [0.5, 0.6) is 0 Å². The number of oxime groups is 1. The van der Waals surface area contributed by atoms with Gasteiger partial charge in [-0.15, -0.1) is 0 Å². The summed E-state index contributed by atoms with van der Waals surface area (Å²) in [5, 5.41) is 4.80. The van der Waals surface area contributed by atoms with E-state index in [-0.39, 0.29) is 6.10 Å². The number of rotatable bonds is 2. The molecule has 74 valence electrons. The molecule has 1 aromatic rings. The van der Waals surface area contributed by atoms with Crippen LogP contribution in [0.15, 0.2) is 29.4 Å². The SMILES string of the molecule is CCC1CC(c2cccc(Cl)c2)=NO1. The Balaban J connectivity index is 2.17. The van der Waals surface area contributed by atoms with Crippen molar-refractivity contribution in [2.45, 2.75) is 25.9 Å². The third-order valence-corrected chi connectivity index (χ3v) is 2.58. The number of nitrogens with zero attached hydrogens (tertiary/aromatic N) is 1. The fourth-order valence-corrected chi connectivity index (χ4v) is 1.68. The summed E-state index contributed by atoms with van der Waals surface area (Å²) in [6.45, 7) is 2.10. The van der Waals surface area contributed by atoms with Crippen LogP contribution in [-0.2, 0) is 4.84 Å². The van der Waals surface area contributed by atoms with Crippen molar-refractivity contribution in [3.8, 4) is 0 Å². The predicted octanol–water partition coefficient (Wildman–Crippen LogP) is 3.24. The molecule has 1 aliphatic rings. The zero-order chi connectivity index (χ0) is 9.97. The minimum absolute atomic E-state index is 0.240. The van der Waals surface area contributed by atoms with Gasteiger partial charge in [0.2, 0.25) is 0 Å². The van der Waals surface area contributed by atoms with Gasteiger partial charge in [0.1, 0.15) is 6.10 Å². The summed E-state index contributed by atoms with van der Waals surface area (Å²) in [4.78, 5) is 5.25. The van der Waals surface area contributed by atoms with Gasteiger partial charge in [0.05, 0.1) is 5.71 Å². The fourth-order valence-electron chi connectivity index (χ4n) is 1.49. The van der Waals surface area contributed by atoms with Crippen LogP contribution >= 0.6 is 11.6 Å². The van der Waals surface area contributed by atoms with E-state index in [1.54, 1.807) is 0 Å². The van der Waals surface area contributed by atoms with Crippen molar-refractivity contribution in [2.75, 3.05) is 0 Å². The predicted molar refractivity (Wildman–Crippen MR) is 57.8 cm³/mol. The van der Waals surface area contributed by atoms with Gasteiger partial charge in [-0.05, 0) is 18.6 Å². The van der Waals surface area contributed by atoms with Gasteiger partial charge in [-0.1, -0.05) is 35.8 Å². The van der Waals surface area contributed by atoms with Crippen LogP contribution in [-0.4, -0.2) is 11.8 Å². The van der Waals surface area contributed by atoms with Crippen LogP contribution in [0.4, 0.5) is 0 Å². The molecule has 14 heavy (non-hydrogen) atoms. The average Bonchev–Trinajstić information content (AvgIpc) is 2.66. The lowest BCUT2D eigenvalue weighted by molar-refractivity contribution is 0.0829. The topological polar surface area (TPSA) is 21.6 Å². The normalized spacial score (nSPS) is 20.4. The molecule has 1 heterocycles. The molecule has 0 saturated heterocycles. The maximum atomic E-state index is 5.90. The molecule has 0 radical (unpaired) electrons. The molecule has 0 spiro atoms. The second kappa shape index (κ2) is 4.01. The first-order valence-electron chi connectivity index (χ1n) is 4.78. The Morgan fingerprint density at radius 3 is 3.07 bits per heavy atom.